The lowest BCUT2D eigenvalue weighted by Crippen LogP contribution is -2.41. The molecule has 18 heavy (non-hydrogen) atoms. The highest BCUT2D eigenvalue weighted by Crippen LogP contribution is 2.19. The van der Waals surface area contributed by atoms with E-state index >= 15 is 0 Å². The normalized spacial score (nSPS) is 20.7. The molecule has 2 heterocycles. The average molecular weight is 247 g/mol. The van der Waals surface area contributed by atoms with Crippen LogP contribution in [0, 0.1) is 18.3 Å². The average Bonchev–Trinajstić information content (AvgIpc) is 2.62. The molecule has 1 fully saturated rings. The molecular weight excluding hydrogens is 226 g/mol. The van der Waals surface area contributed by atoms with Crippen LogP contribution in [0.4, 0.5) is 5.82 Å². The molecule has 1 aliphatic rings. The molecule has 1 aliphatic heterocycles. The summed E-state index contributed by atoms with van der Waals surface area (Å²) in [7, 11) is 4.05. The maximum atomic E-state index is 9.15. The van der Waals surface area contributed by atoms with Gasteiger partial charge in [0.2, 0.25) is 0 Å². The summed E-state index contributed by atoms with van der Waals surface area (Å²) in [6.07, 6.45) is 3.82. The molecule has 0 radical (unpaired) electrons. The van der Waals surface area contributed by atoms with Crippen molar-refractivity contribution in [2.75, 3.05) is 25.5 Å². The molecule has 1 saturated heterocycles. The van der Waals surface area contributed by atoms with Gasteiger partial charge in [0.05, 0.1) is 5.69 Å². The van der Waals surface area contributed by atoms with Gasteiger partial charge >= 0.3 is 0 Å². The van der Waals surface area contributed by atoms with Crippen LogP contribution in [0.2, 0.25) is 0 Å². The van der Waals surface area contributed by atoms with Crippen molar-refractivity contribution in [3.63, 3.8) is 0 Å². The lowest BCUT2D eigenvalue weighted by molar-refractivity contribution is 0.194. The van der Waals surface area contributed by atoms with Gasteiger partial charge in [0.15, 0.2) is 0 Å². The van der Waals surface area contributed by atoms with Gasteiger partial charge in [0.1, 0.15) is 17.5 Å². The second-order valence-electron chi connectivity index (χ2n) is 5.06. The number of rotatable bonds is 3. The van der Waals surface area contributed by atoms with Crippen molar-refractivity contribution in [1.82, 2.24) is 14.7 Å². The Morgan fingerprint density at radius 3 is 2.89 bits per heavy atom. The fraction of sp³-hybridized carbons (Fsp3) is 0.692. The standard InChI is InChI=1S/C13H21N5/c1-10-12(8-14)13(18(3)16-10)15-9-11-6-4-5-7-17(11)2/h11,15H,4-7,9H2,1-3H3. The zero-order chi connectivity index (χ0) is 13.1. The lowest BCUT2D eigenvalue weighted by atomic mass is 10.0. The number of hydrogen-bond acceptors (Lipinski definition) is 4. The van der Waals surface area contributed by atoms with Crippen LogP contribution in [0.3, 0.4) is 0 Å². The third-order valence-electron chi connectivity index (χ3n) is 3.76. The summed E-state index contributed by atoms with van der Waals surface area (Å²) in [5.41, 5.74) is 1.45. The minimum Gasteiger partial charge on any atom is -0.368 e. The smallest absolute Gasteiger partial charge is 0.142 e. The molecule has 0 aromatic carbocycles. The monoisotopic (exact) mass is 247 g/mol. The summed E-state index contributed by atoms with van der Waals surface area (Å²) in [5, 5.41) is 16.8. The molecule has 0 spiro atoms. The van der Waals surface area contributed by atoms with E-state index in [0.717, 1.165) is 18.1 Å². The van der Waals surface area contributed by atoms with Crippen LogP contribution >= 0.6 is 0 Å². The summed E-state index contributed by atoms with van der Waals surface area (Å²) in [6, 6.07) is 2.78. The summed E-state index contributed by atoms with van der Waals surface area (Å²) >= 11 is 0. The Morgan fingerprint density at radius 2 is 2.22 bits per heavy atom. The molecule has 1 atom stereocenters. The topological polar surface area (TPSA) is 56.9 Å². The molecule has 2 rings (SSSR count). The van der Waals surface area contributed by atoms with Crippen LogP contribution < -0.4 is 5.32 Å². The SMILES string of the molecule is Cc1nn(C)c(NCC2CCCCN2C)c1C#N. The Bertz CT molecular complexity index is 457. The van der Waals surface area contributed by atoms with Crippen molar-refractivity contribution in [3.8, 4) is 6.07 Å². The van der Waals surface area contributed by atoms with E-state index in [2.05, 4.69) is 28.4 Å². The van der Waals surface area contributed by atoms with Gasteiger partial charge in [-0.25, -0.2) is 0 Å². The Balaban J connectivity index is 2.04. The number of nitrogens with one attached hydrogen (secondary N) is 1. The van der Waals surface area contributed by atoms with Crippen molar-refractivity contribution in [1.29, 1.82) is 5.26 Å². The first kappa shape index (κ1) is 12.9. The number of nitriles is 1. The number of aryl methyl sites for hydroxylation is 2. The van der Waals surface area contributed by atoms with Crippen molar-refractivity contribution in [2.45, 2.75) is 32.2 Å². The molecule has 0 amide bonds. The summed E-state index contributed by atoms with van der Waals surface area (Å²) < 4.78 is 1.76. The zero-order valence-electron chi connectivity index (χ0n) is 11.4. The van der Waals surface area contributed by atoms with E-state index in [4.69, 9.17) is 5.26 Å². The minimum atomic E-state index is 0.556. The van der Waals surface area contributed by atoms with Gasteiger partial charge in [0, 0.05) is 19.6 Å². The molecule has 0 bridgehead atoms. The predicted octanol–water partition coefficient (Wildman–Crippen LogP) is 1.50. The van der Waals surface area contributed by atoms with Crippen molar-refractivity contribution >= 4 is 5.82 Å². The van der Waals surface area contributed by atoms with E-state index in [9.17, 15) is 0 Å². The van der Waals surface area contributed by atoms with Crippen LogP contribution in [-0.2, 0) is 7.05 Å². The van der Waals surface area contributed by atoms with Gasteiger partial charge in [-0.15, -0.1) is 0 Å². The van der Waals surface area contributed by atoms with E-state index < -0.39 is 0 Å². The Morgan fingerprint density at radius 1 is 1.44 bits per heavy atom. The number of anilines is 1. The Kier molecular flexibility index (Phi) is 3.87. The Labute approximate surface area is 108 Å². The van der Waals surface area contributed by atoms with Crippen LogP contribution in [-0.4, -0.2) is 40.9 Å². The first-order chi connectivity index (χ1) is 8.63. The van der Waals surface area contributed by atoms with Crippen LogP contribution in [0.25, 0.3) is 0 Å². The second-order valence-corrected chi connectivity index (χ2v) is 5.06. The molecule has 5 heteroatoms. The molecule has 0 aliphatic carbocycles. The highest BCUT2D eigenvalue weighted by atomic mass is 15.3. The van der Waals surface area contributed by atoms with Gasteiger partial charge in [-0.1, -0.05) is 6.42 Å². The second kappa shape index (κ2) is 5.40. The summed E-state index contributed by atoms with van der Waals surface area (Å²) in [6.45, 7) is 3.92. The lowest BCUT2D eigenvalue weighted by Gasteiger charge is -2.32. The van der Waals surface area contributed by atoms with Gasteiger partial charge in [-0.3, -0.25) is 4.68 Å². The van der Waals surface area contributed by atoms with Gasteiger partial charge < -0.3 is 10.2 Å². The van der Waals surface area contributed by atoms with Crippen molar-refractivity contribution < 1.29 is 0 Å². The highest BCUT2D eigenvalue weighted by molar-refractivity contribution is 5.55. The quantitative estimate of drug-likeness (QED) is 0.879. The first-order valence-corrected chi connectivity index (χ1v) is 6.51. The maximum Gasteiger partial charge on any atom is 0.142 e. The van der Waals surface area contributed by atoms with Gasteiger partial charge in [-0.2, -0.15) is 10.4 Å². The van der Waals surface area contributed by atoms with E-state index in [0.29, 0.717) is 11.6 Å². The Hall–Kier alpha value is -1.54. The fourth-order valence-corrected chi connectivity index (χ4v) is 2.61. The molecule has 1 aromatic rings. The minimum absolute atomic E-state index is 0.556. The molecule has 1 aromatic heterocycles. The van der Waals surface area contributed by atoms with Gasteiger partial charge in [-0.05, 0) is 33.4 Å². The van der Waals surface area contributed by atoms with Crippen molar-refractivity contribution in [2.24, 2.45) is 7.05 Å². The highest BCUT2D eigenvalue weighted by Gasteiger charge is 2.20. The third-order valence-corrected chi connectivity index (χ3v) is 3.76. The molecule has 1 N–H and O–H groups in total. The molecular formula is C13H21N5. The third kappa shape index (κ3) is 2.49. The van der Waals surface area contributed by atoms with Crippen LogP contribution in [0.15, 0.2) is 0 Å². The molecule has 0 saturated carbocycles. The van der Waals surface area contributed by atoms with E-state index in [1.54, 1.807) is 4.68 Å². The van der Waals surface area contributed by atoms with E-state index in [1.807, 2.05) is 14.0 Å². The predicted molar refractivity (Wildman–Crippen MR) is 71.4 cm³/mol. The number of aromatic nitrogens is 2. The number of piperidine rings is 1. The molecule has 5 nitrogen and oxygen atoms in total. The molecule has 98 valence electrons. The number of likely N-dealkylation sites (tertiary alicyclic amines) is 1. The maximum absolute atomic E-state index is 9.15. The molecule has 1 unspecified atom stereocenters. The number of likely N-dealkylation sites (N-methyl/N-ethyl adjacent to an activating group) is 1. The van der Waals surface area contributed by atoms with Gasteiger partial charge in [0.25, 0.3) is 0 Å². The largest absolute Gasteiger partial charge is 0.368 e. The van der Waals surface area contributed by atoms with Crippen LogP contribution in [0.1, 0.15) is 30.5 Å². The summed E-state index contributed by atoms with van der Waals surface area (Å²) in [5.74, 6) is 0.842. The van der Waals surface area contributed by atoms with Crippen molar-refractivity contribution in [3.05, 3.63) is 11.3 Å². The number of nitrogens with zero attached hydrogens (tertiary/aromatic N) is 4. The zero-order valence-corrected chi connectivity index (χ0v) is 11.4. The van der Waals surface area contributed by atoms with E-state index in [-0.39, 0.29) is 0 Å². The number of hydrogen-bond donors (Lipinski definition) is 1. The fourth-order valence-electron chi connectivity index (χ4n) is 2.61. The van der Waals surface area contributed by atoms with Crippen LogP contribution in [0.5, 0.6) is 0 Å². The first-order valence-electron chi connectivity index (χ1n) is 6.51. The van der Waals surface area contributed by atoms with E-state index in [1.165, 1.54) is 25.8 Å². The summed E-state index contributed by atoms with van der Waals surface area (Å²) in [4.78, 5) is 2.39.